The first kappa shape index (κ1) is 17.9. The molecule has 24 heavy (non-hydrogen) atoms. The quantitative estimate of drug-likeness (QED) is 0.824. The third kappa shape index (κ3) is 4.28. The maximum atomic E-state index is 12.6. The predicted octanol–water partition coefficient (Wildman–Crippen LogP) is 4.45. The first-order valence-corrected chi connectivity index (χ1v) is 8.29. The average Bonchev–Trinajstić information content (AvgIpc) is 2.52. The van der Waals surface area contributed by atoms with Crippen LogP contribution in [-0.2, 0) is 4.79 Å². The highest BCUT2D eigenvalue weighted by Gasteiger charge is 2.16. The lowest BCUT2D eigenvalue weighted by Gasteiger charge is -2.19. The third-order valence-corrected chi connectivity index (χ3v) is 3.88. The van der Waals surface area contributed by atoms with Gasteiger partial charge in [0.1, 0.15) is 11.8 Å². The van der Waals surface area contributed by atoms with E-state index in [9.17, 15) is 4.79 Å². The first-order chi connectivity index (χ1) is 11.4. The Morgan fingerprint density at radius 3 is 2.38 bits per heavy atom. The van der Waals surface area contributed by atoms with Crippen LogP contribution in [-0.4, -0.2) is 18.6 Å². The van der Waals surface area contributed by atoms with E-state index in [2.05, 4.69) is 29.7 Å². The minimum Gasteiger partial charge on any atom is -0.492 e. The number of nitrogens with one attached hydrogen (secondary N) is 2. The van der Waals surface area contributed by atoms with Gasteiger partial charge in [0, 0.05) is 5.69 Å². The summed E-state index contributed by atoms with van der Waals surface area (Å²) in [5, 5.41) is 6.26. The molecule has 0 bridgehead atoms. The van der Waals surface area contributed by atoms with Gasteiger partial charge in [0.25, 0.3) is 0 Å². The van der Waals surface area contributed by atoms with Crippen LogP contribution in [0.4, 0.5) is 11.4 Å². The molecule has 0 spiro atoms. The van der Waals surface area contributed by atoms with Crippen LogP contribution in [0.2, 0.25) is 0 Å². The average molecular weight is 326 g/mol. The molecular formula is C20H26N2O2. The second-order valence-electron chi connectivity index (χ2n) is 6.06. The zero-order chi connectivity index (χ0) is 17.7. The number of anilines is 2. The van der Waals surface area contributed by atoms with Crippen molar-refractivity contribution in [2.24, 2.45) is 0 Å². The SMILES string of the molecule is CCOc1ccccc1N[C@@H](C)C(=O)Nc1c(C)cc(C)cc1C. The minimum atomic E-state index is -0.383. The maximum absolute atomic E-state index is 12.6. The molecule has 2 N–H and O–H groups in total. The van der Waals surface area contributed by atoms with E-state index >= 15 is 0 Å². The van der Waals surface area contributed by atoms with Gasteiger partial charge in [0.05, 0.1) is 12.3 Å². The second kappa shape index (κ2) is 7.86. The maximum Gasteiger partial charge on any atom is 0.246 e. The molecule has 0 aliphatic heterocycles. The van der Waals surface area contributed by atoms with Crippen molar-refractivity contribution in [3.8, 4) is 5.75 Å². The fourth-order valence-electron chi connectivity index (χ4n) is 2.77. The molecule has 4 nitrogen and oxygen atoms in total. The van der Waals surface area contributed by atoms with Crippen molar-refractivity contribution in [1.29, 1.82) is 0 Å². The van der Waals surface area contributed by atoms with Crippen LogP contribution in [0.15, 0.2) is 36.4 Å². The lowest BCUT2D eigenvalue weighted by molar-refractivity contribution is -0.116. The Kier molecular flexibility index (Phi) is 5.85. The van der Waals surface area contributed by atoms with Gasteiger partial charge in [-0.3, -0.25) is 4.79 Å². The number of carbonyl (C=O) groups is 1. The topological polar surface area (TPSA) is 50.4 Å². The summed E-state index contributed by atoms with van der Waals surface area (Å²) in [6.07, 6.45) is 0. The molecular weight excluding hydrogens is 300 g/mol. The first-order valence-electron chi connectivity index (χ1n) is 8.29. The Hall–Kier alpha value is -2.49. The van der Waals surface area contributed by atoms with Crippen LogP contribution in [0.5, 0.6) is 5.75 Å². The highest BCUT2D eigenvalue weighted by atomic mass is 16.5. The Bertz CT molecular complexity index is 702. The molecule has 128 valence electrons. The van der Waals surface area contributed by atoms with Gasteiger partial charge in [-0.2, -0.15) is 0 Å². The van der Waals surface area contributed by atoms with E-state index in [0.717, 1.165) is 28.3 Å². The van der Waals surface area contributed by atoms with Crippen molar-refractivity contribution in [3.05, 3.63) is 53.1 Å². The summed E-state index contributed by atoms with van der Waals surface area (Å²) >= 11 is 0. The molecule has 0 heterocycles. The van der Waals surface area contributed by atoms with E-state index in [0.29, 0.717) is 6.61 Å². The van der Waals surface area contributed by atoms with Crippen molar-refractivity contribution in [2.75, 3.05) is 17.2 Å². The Balaban J connectivity index is 2.11. The minimum absolute atomic E-state index is 0.0728. The van der Waals surface area contributed by atoms with E-state index in [1.165, 1.54) is 5.56 Å². The summed E-state index contributed by atoms with van der Waals surface area (Å²) in [4.78, 5) is 12.6. The van der Waals surface area contributed by atoms with Gasteiger partial charge in [-0.25, -0.2) is 0 Å². The Labute approximate surface area is 144 Å². The smallest absolute Gasteiger partial charge is 0.246 e. The molecule has 1 amide bonds. The Morgan fingerprint density at radius 2 is 1.75 bits per heavy atom. The fraction of sp³-hybridized carbons (Fsp3) is 0.350. The molecule has 2 aromatic rings. The summed E-state index contributed by atoms with van der Waals surface area (Å²) in [5.41, 5.74) is 5.04. The van der Waals surface area contributed by atoms with Crippen molar-refractivity contribution in [2.45, 2.75) is 40.7 Å². The molecule has 0 saturated heterocycles. The van der Waals surface area contributed by atoms with Crippen LogP contribution in [0.3, 0.4) is 0 Å². The van der Waals surface area contributed by atoms with E-state index in [1.807, 2.05) is 52.0 Å². The number of hydrogen-bond acceptors (Lipinski definition) is 3. The molecule has 0 aliphatic rings. The van der Waals surface area contributed by atoms with Gasteiger partial charge >= 0.3 is 0 Å². The van der Waals surface area contributed by atoms with Gasteiger partial charge in [-0.05, 0) is 57.9 Å². The van der Waals surface area contributed by atoms with Gasteiger partial charge in [-0.1, -0.05) is 29.8 Å². The van der Waals surface area contributed by atoms with E-state index in [4.69, 9.17) is 4.74 Å². The molecule has 2 aromatic carbocycles. The summed E-state index contributed by atoms with van der Waals surface area (Å²) in [7, 11) is 0. The molecule has 0 radical (unpaired) electrons. The molecule has 0 saturated carbocycles. The van der Waals surface area contributed by atoms with E-state index < -0.39 is 0 Å². The van der Waals surface area contributed by atoms with Crippen LogP contribution < -0.4 is 15.4 Å². The zero-order valence-corrected chi connectivity index (χ0v) is 15.1. The molecule has 0 fully saturated rings. The van der Waals surface area contributed by atoms with Crippen LogP contribution in [0.25, 0.3) is 0 Å². The lowest BCUT2D eigenvalue weighted by Crippen LogP contribution is -2.32. The number of hydrogen-bond donors (Lipinski definition) is 2. The van der Waals surface area contributed by atoms with Crippen molar-refractivity contribution < 1.29 is 9.53 Å². The van der Waals surface area contributed by atoms with Crippen molar-refractivity contribution >= 4 is 17.3 Å². The highest BCUT2D eigenvalue weighted by Crippen LogP contribution is 2.25. The molecule has 2 rings (SSSR count). The summed E-state index contributed by atoms with van der Waals surface area (Å²) in [6.45, 7) is 10.4. The molecule has 0 aromatic heterocycles. The van der Waals surface area contributed by atoms with Crippen LogP contribution in [0.1, 0.15) is 30.5 Å². The number of aryl methyl sites for hydroxylation is 3. The third-order valence-electron chi connectivity index (χ3n) is 3.88. The molecule has 0 unspecified atom stereocenters. The monoisotopic (exact) mass is 326 g/mol. The van der Waals surface area contributed by atoms with Crippen molar-refractivity contribution in [3.63, 3.8) is 0 Å². The number of ether oxygens (including phenoxy) is 1. The van der Waals surface area contributed by atoms with Crippen LogP contribution in [0, 0.1) is 20.8 Å². The number of benzene rings is 2. The Morgan fingerprint density at radius 1 is 1.12 bits per heavy atom. The van der Waals surface area contributed by atoms with Crippen LogP contribution >= 0.6 is 0 Å². The molecule has 0 aliphatic carbocycles. The highest BCUT2D eigenvalue weighted by molar-refractivity contribution is 5.97. The zero-order valence-electron chi connectivity index (χ0n) is 15.1. The van der Waals surface area contributed by atoms with E-state index in [1.54, 1.807) is 0 Å². The summed E-state index contributed by atoms with van der Waals surface area (Å²) in [5.74, 6) is 0.679. The van der Waals surface area contributed by atoms with E-state index in [-0.39, 0.29) is 11.9 Å². The standard InChI is InChI=1S/C20H26N2O2/c1-6-24-18-10-8-7-9-17(18)21-16(5)20(23)22-19-14(3)11-13(2)12-15(19)4/h7-12,16,21H,6H2,1-5H3,(H,22,23)/t16-/m0/s1. The lowest BCUT2D eigenvalue weighted by atomic mass is 10.0. The number of para-hydroxylation sites is 2. The predicted molar refractivity (Wildman–Crippen MR) is 100.0 cm³/mol. The van der Waals surface area contributed by atoms with Gasteiger partial charge in [0.15, 0.2) is 0 Å². The van der Waals surface area contributed by atoms with Gasteiger partial charge in [0.2, 0.25) is 5.91 Å². The van der Waals surface area contributed by atoms with Gasteiger partial charge < -0.3 is 15.4 Å². The molecule has 1 atom stereocenters. The summed E-state index contributed by atoms with van der Waals surface area (Å²) < 4.78 is 5.59. The number of carbonyl (C=O) groups excluding carboxylic acids is 1. The normalized spacial score (nSPS) is 11.7. The second-order valence-corrected chi connectivity index (χ2v) is 6.06. The van der Waals surface area contributed by atoms with Gasteiger partial charge in [-0.15, -0.1) is 0 Å². The van der Waals surface area contributed by atoms with Crippen molar-refractivity contribution in [1.82, 2.24) is 0 Å². The largest absolute Gasteiger partial charge is 0.492 e. The number of amides is 1. The fourth-order valence-corrected chi connectivity index (χ4v) is 2.77. The number of rotatable bonds is 6. The molecule has 4 heteroatoms. The summed E-state index contributed by atoms with van der Waals surface area (Å²) in [6, 6.07) is 11.4.